The van der Waals surface area contributed by atoms with Crippen LogP contribution in [-0.4, -0.2) is 36.4 Å². The van der Waals surface area contributed by atoms with Crippen LogP contribution in [0.25, 0.3) is 0 Å². The Kier molecular flexibility index (Phi) is 76.7. The largest absolute Gasteiger partial charge is 0.462 e. The van der Waals surface area contributed by atoms with Crippen molar-refractivity contribution in [2.24, 2.45) is 0 Å². The predicted molar refractivity (Wildman–Crippen MR) is 390 cm³/mol. The minimum absolute atomic E-state index is 0.0600. The smallest absolute Gasteiger partial charge is 0.306 e. The molecule has 0 spiro atoms. The first-order valence-electron chi connectivity index (χ1n) is 39.8. The zero-order valence-corrected chi connectivity index (χ0v) is 59.5. The van der Waals surface area contributed by atoms with Gasteiger partial charge in [0.15, 0.2) is 6.10 Å². The second kappa shape index (κ2) is 78.8. The van der Waals surface area contributed by atoms with Crippen LogP contribution in [0.5, 0.6) is 0 Å². The number of aliphatic hydroxyl groups excluding tert-OH is 1. The number of rotatable bonds is 75. The van der Waals surface area contributed by atoms with Gasteiger partial charge in [0.2, 0.25) is 0 Å². The molecule has 5 heteroatoms. The monoisotopic (exact) mass is 1230 g/mol. The van der Waals surface area contributed by atoms with Gasteiger partial charge in [-0.3, -0.25) is 9.59 Å². The molecule has 1 atom stereocenters. The number of allylic oxidation sites excluding steroid dienone is 10. The molecule has 5 nitrogen and oxygen atoms in total. The quantitative estimate of drug-likeness (QED) is 0.0373. The number of carbonyl (C=O) groups is 2. The molecule has 0 fully saturated rings. The van der Waals surface area contributed by atoms with Crippen molar-refractivity contribution in [1.82, 2.24) is 0 Å². The van der Waals surface area contributed by atoms with Crippen LogP contribution in [0, 0.1) is 0 Å². The maximum Gasteiger partial charge on any atom is 0.306 e. The first-order valence-corrected chi connectivity index (χ1v) is 39.8. The van der Waals surface area contributed by atoms with Crippen LogP contribution in [0.15, 0.2) is 60.8 Å². The van der Waals surface area contributed by atoms with E-state index in [0.717, 1.165) is 64.2 Å². The Bertz CT molecular complexity index is 1490. The highest BCUT2D eigenvalue weighted by molar-refractivity contribution is 5.70. The van der Waals surface area contributed by atoms with Crippen LogP contribution in [0.3, 0.4) is 0 Å². The van der Waals surface area contributed by atoms with Gasteiger partial charge in [0.05, 0.1) is 6.61 Å². The fourth-order valence-corrected chi connectivity index (χ4v) is 12.4. The van der Waals surface area contributed by atoms with Crippen LogP contribution in [0.4, 0.5) is 0 Å². The Morgan fingerprint density at radius 1 is 0.273 bits per heavy atom. The summed E-state index contributed by atoms with van der Waals surface area (Å²) in [5.41, 5.74) is 0. The highest BCUT2D eigenvalue weighted by Crippen LogP contribution is 2.20. The fraction of sp³-hybridized carbons (Fsp3) is 0.855. The van der Waals surface area contributed by atoms with Crippen molar-refractivity contribution in [2.75, 3.05) is 13.2 Å². The first-order chi connectivity index (χ1) is 43.6. The molecule has 0 aliphatic carbocycles. The predicted octanol–water partition coefficient (Wildman–Crippen LogP) is 28.0. The van der Waals surface area contributed by atoms with E-state index in [9.17, 15) is 14.7 Å². The van der Waals surface area contributed by atoms with Crippen molar-refractivity contribution < 1.29 is 24.2 Å². The van der Waals surface area contributed by atoms with Gasteiger partial charge in [0.1, 0.15) is 6.61 Å². The Morgan fingerprint density at radius 3 is 0.739 bits per heavy atom. The number of hydrogen-bond donors (Lipinski definition) is 1. The number of aliphatic hydroxyl groups is 1. The average molecular weight is 1230 g/mol. The fourth-order valence-electron chi connectivity index (χ4n) is 12.4. The van der Waals surface area contributed by atoms with Crippen LogP contribution < -0.4 is 0 Å². The molecule has 0 aromatic heterocycles. The number of carbonyl (C=O) groups excluding carboxylic acids is 2. The SMILES string of the molecule is CC/C=C\C/C=C\C/C=C\C/C=C\C/C=C\CCCCCCCCCCCCCCCCCCCCCC(=O)OC(CO)COC(=O)CCCCCCCCCCCCCCCCCCCCCCCCCCCCCCCCCCCCCCCCC. The van der Waals surface area contributed by atoms with Crippen molar-refractivity contribution in [3.8, 4) is 0 Å². The van der Waals surface area contributed by atoms with E-state index in [2.05, 4.69) is 74.6 Å². The molecular formula is C83H154O5. The Hall–Kier alpha value is -2.40. The lowest BCUT2D eigenvalue weighted by Crippen LogP contribution is -2.28. The zero-order chi connectivity index (χ0) is 63.3. The van der Waals surface area contributed by atoms with Gasteiger partial charge >= 0.3 is 11.9 Å². The summed E-state index contributed by atoms with van der Waals surface area (Å²) in [6.45, 7) is 4.09. The molecule has 1 N–H and O–H groups in total. The molecule has 88 heavy (non-hydrogen) atoms. The summed E-state index contributed by atoms with van der Waals surface area (Å²) in [7, 11) is 0. The van der Waals surface area contributed by atoms with Gasteiger partial charge in [-0.05, 0) is 57.8 Å². The van der Waals surface area contributed by atoms with Gasteiger partial charge in [-0.2, -0.15) is 0 Å². The van der Waals surface area contributed by atoms with E-state index < -0.39 is 6.10 Å². The second-order valence-electron chi connectivity index (χ2n) is 27.1. The first kappa shape index (κ1) is 85.6. The van der Waals surface area contributed by atoms with E-state index in [4.69, 9.17) is 9.47 Å². The van der Waals surface area contributed by atoms with E-state index >= 15 is 0 Å². The maximum absolute atomic E-state index is 12.4. The van der Waals surface area contributed by atoms with Gasteiger partial charge in [-0.25, -0.2) is 0 Å². The molecule has 0 aliphatic rings. The normalized spacial score (nSPS) is 12.4. The van der Waals surface area contributed by atoms with Gasteiger partial charge in [0, 0.05) is 12.8 Å². The lowest BCUT2D eigenvalue weighted by atomic mass is 10.0. The van der Waals surface area contributed by atoms with Crippen molar-refractivity contribution in [3.63, 3.8) is 0 Å². The van der Waals surface area contributed by atoms with Crippen molar-refractivity contribution >= 4 is 11.9 Å². The summed E-state index contributed by atoms with van der Waals surface area (Å²) in [6.07, 6.45) is 109. The summed E-state index contributed by atoms with van der Waals surface area (Å²) < 4.78 is 10.8. The third-order valence-corrected chi connectivity index (χ3v) is 18.3. The summed E-state index contributed by atoms with van der Waals surface area (Å²) >= 11 is 0. The molecule has 0 saturated carbocycles. The number of ether oxygens (including phenoxy) is 2. The number of esters is 2. The molecule has 0 radical (unpaired) electrons. The van der Waals surface area contributed by atoms with Crippen molar-refractivity contribution in [3.05, 3.63) is 60.8 Å². The zero-order valence-electron chi connectivity index (χ0n) is 59.5. The number of hydrogen-bond acceptors (Lipinski definition) is 5. The molecular weight excluding hydrogens is 1080 g/mol. The molecule has 1 unspecified atom stereocenters. The highest BCUT2D eigenvalue weighted by atomic mass is 16.6. The molecule has 0 saturated heterocycles. The third-order valence-electron chi connectivity index (χ3n) is 18.3. The van der Waals surface area contributed by atoms with Crippen LogP contribution >= 0.6 is 0 Å². The molecule has 0 amide bonds. The molecule has 0 rings (SSSR count). The molecule has 0 bridgehead atoms. The van der Waals surface area contributed by atoms with E-state index in [0.29, 0.717) is 12.8 Å². The van der Waals surface area contributed by atoms with Crippen LogP contribution in [0.2, 0.25) is 0 Å². The minimum Gasteiger partial charge on any atom is -0.462 e. The summed E-state index contributed by atoms with van der Waals surface area (Å²) in [5.74, 6) is -0.565. The Labute approximate surface area is 551 Å². The molecule has 516 valence electrons. The van der Waals surface area contributed by atoms with Crippen molar-refractivity contribution in [1.29, 1.82) is 0 Å². The van der Waals surface area contributed by atoms with E-state index in [1.807, 2.05) is 0 Å². The van der Waals surface area contributed by atoms with Gasteiger partial charge in [-0.15, -0.1) is 0 Å². The second-order valence-corrected chi connectivity index (χ2v) is 27.1. The topological polar surface area (TPSA) is 72.8 Å². The molecule has 0 aliphatic heterocycles. The van der Waals surface area contributed by atoms with Crippen LogP contribution in [0.1, 0.15) is 438 Å². The van der Waals surface area contributed by atoms with Gasteiger partial charge in [-0.1, -0.05) is 428 Å². The average Bonchev–Trinajstić information content (AvgIpc) is 3.54. The Balaban J connectivity index is 3.37. The van der Waals surface area contributed by atoms with E-state index in [1.54, 1.807) is 0 Å². The number of unbranched alkanes of at least 4 members (excludes halogenated alkanes) is 57. The molecule has 0 aromatic carbocycles. The summed E-state index contributed by atoms with van der Waals surface area (Å²) in [6, 6.07) is 0. The van der Waals surface area contributed by atoms with Gasteiger partial charge < -0.3 is 14.6 Å². The van der Waals surface area contributed by atoms with Crippen molar-refractivity contribution in [2.45, 2.75) is 444 Å². The van der Waals surface area contributed by atoms with E-state index in [-0.39, 0.29) is 25.2 Å². The maximum atomic E-state index is 12.4. The standard InChI is InChI=1S/C83H154O5/c1-3-5-7-9-11-13-15-17-19-21-23-25-27-29-31-33-35-37-39-40-41-42-44-45-47-49-51-53-55-57-59-61-63-65-67-69-71-73-75-77-82(85)87-80-81(79-84)88-83(86)78-76-74-72-70-68-66-64-62-60-58-56-54-52-50-48-46-43-38-36-34-32-30-28-26-24-22-20-18-16-14-12-10-8-6-4-2/h6,8,12,14,18,20,24,26,30,32,81,84H,3-5,7,9-11,13,15-17,19,21-23,25,27-29,31,33-80H2,1-2H3/b8-6-,14-12-,20-18-,26-24-,32-30-. The summed E-state index contributed by atoms with van der Waals surface area (Å²) in [4.78, 5) is 24.7. The summed E-state index contributed by atoms with van der Waals surface area (Å²) in [5, 5.41) is 9.73. The molecule has 0 heterocycles. The lowest BCUT2D eigenvalue weighted by Gasteiger charge is -2.15. The minimum atomic E-state index is -0.772. The van der Waals surface area contributed by atoms with Gasteiger partial charge in [0.25, 0.3) is 0 Å². The third kappa shape index (κ3) is 76.1. The Morgan fingerprint density at radius 2 is 0.489 bits per heavy atom. The molecule has 0 aromatic rings. The van der Waals surface area contributed by atoms with E-state index in [1.165, 1.54) is 347 Å². The highest BCUT2D eigenvalue weighted by Gasteiger charge is 2.16. The van der Waals surface area contributed by atoms with Crippen LogP contribution in [-0.2, 0) is 19.1 Å². The lowest BCUT2D eigenvalue weighted by molar-refractivity contribution is -0.161.